The minimum atomic E-state index is -3.25. The fourth-order valence-corrected chi connectivity index (χ4v) is 6.41. The van der Waals surface area contributed by atoms with Crippen LogP contribution in [0.25, 0.3) is 0 Å². The molecule has 4 nitrogen and oxygen atoms in total. The van der Waals surface area contributed by atoms with E-state index < -0.39 is 28.8 Å². The van der Waals surface area contributed by atoms with Crippen LogP contribution >= 0.6 is 30.2 Å². The number of halogens is 5. The Hall–Kier alpha value is -1.01. The van der Waals surface area contributed by atoms with Crippen LogP contribution in [0.15, 0.2) is 41.6 Å². The van der Waals surface area contributed by atoms with Crippen molar-refractivity contribution in [1.82, 2.24) is 0 Å². The van der Waals surface area contributed by atoms with E-state index in [1.54, 1.807) is 24.3 Å². The number of phenolic OH excluding ortho intramolecular Hbond substituents is 1. The second kappa shape index (κ2) is 10.5. The van der Waals surface area contributed by atoms with Gasteiger partial charge in [-0.15, -0.1) is 0 Å². The summed E-state index contributed by atoms with van der Waals surface area (Å²) in [6, 6.07) is 9.92. The first-order valence-electron chi connectivity index (χ1n) is 10.1. The Labute approximate surface area is 211 Å². The Kier molecular flexibility index (Phi) is 8.40. The molecule has 2 aromatic carbocycles. The van der Waals surface area contributed by atoms with E-state index in [4.69, 9.17) is 16.4 Å². The predicted molar refractivity (Wildman–Crippen MR) is 125 cm³/mol. The summed E-state index contributed by atoms with van der Waals surface area (Å²) in [5, 5.41) is 14.6. The number of carbonyl (C=O) groups is 1. The van der Waals surface area contributed by atoms with Crippen LogP contribution in [0, 0.1) is 3.57 Å². The zero-order valence-corrected chi connectivity index (χ0v) is 22.7. The van der Waals surface area contributed by atoms with E-state index in [2.05, 4.69) is 23.8 Å². The fraction of sp³-hybridized carbons (Fsp3) is 0.391. The number of phenols is 1. The Morgan fingerprint density at radius 1 is 1.34 bits per heavy atom. The number of carbonyl (C=O) groups excluding carboxylic acids is 1. The Morgan fingerprint density at radius 2 is 2.09 bits per heavy atom. The number of Topliss-reactive ketones (excluding diaryl/α,β-unsaturated/α-hetero) is 1. The third-order valence-corrected chi connectivity index (χ3v) is 10.2. The topological polar surface area (TPSA) is 58.9 Å². The molecule has 174 valence electrons. The number of oxime groups is 1. The van der Waals surface area contributed by atoms with E-state index in [0.717, 1.165) is 16.1 Å². The number of alkyl halides is 2. The fourth-order valence-electron chi connectivity index (χ4n) is 3.66. The molecule has 1 atom stereocenters. The van der Waals surface area contributed by atoms with Crippen LogP contribution in [0.2, 0.25) is 5.02 Å². The van der Waals surface area contributed by atoms with Gasteiger partial charge in [-0.1, -0.05) is 6.92 Å². The number of benzene rings is 2. The molecule has 0 fully saturated rings. The molecule has 32 heavy (non-hydrogen) atoms. The number of aromatic hydroxyl groups is 1. The maximum atomic E-state index is 14.9. The average molecular weight is 689 g/mol. The van der Waals surface area contributed by atoms with Crippen LogP contribution in [-0.2, 0) is 21.7 Å². The van der Waals surface area contributed by atoms with Gasteiger partial charge in [-0.2, -0.15) is 0 Å². The molecule has 0 bridgehead atoms. The van der Waals surface area contributed by atoms with Gasteiger partial charge in [0.2, 0.25) is 0 Å². The van der Waals surface area contributed by atoms with Crippen molar-refractivity contribution < 1.29 is 40.7 Å². The quantitative estimate of drug-likeness (QED) is 0.410. The van der Waals surface area contributed by atoms with E-state index >= 15 is 0 Å². The second-order valence-electron chi connectivity index (χ2n) is 7.84. The van der Waals surface area contributed by atoms with E-state index in [9.17, 15) is 18.7 Å². The summed E-state index contributed by atoms with van der Waals surface area (Å²) in [4.78, 5) is 16.9. The second-order valence-corrected chi connectivity index (χ2v) is 12.6. The zero-order chi connectivity index (χ0) is 23.5. The summed E-state index contributed by atoms with van der Waals surface area (Å²) in [6.07, 6.45) is 2.25. The molecular weight excluding hydrogens is 666 g/mol. The molecule has 0 amide bonds. The summed E-state index contributed by atoms with van der Waals surface area (Å²) in [5.41, 5.74) is 0.0798. The maximum absolute atomic E-state index is 14.9. The van der Waals surface area contributed by atoms with Crippen molar-refractivity contribution in [2.24, 2.45) is 5.16 Å². The van der Waals surface area contributed by atoms with Crippen molar-refractivity contribution in [3.8, 4) is 5.75 Å². The molecule has 0 saturated carbocycles. The minimum absolute atomic E-state index is 0.0662. The van der Waals surface area contributed by atoms with Gasteiger partial charge in [-0.3, -0.25) is 4.79 Å². The van der Waals surface area contributed by atoms with Crippen LogP contribution in [0.4, 0.5) is 8.78 Å². The van der Waals surface area contributed by atoms with Gasteiger partial charge in [0.05, 0.1) is 0 Å². The zero-order valence-electron chi connectivity index (χ0n) is 17.6. The molecule has 0 aliphatic carbocycles. The Balaban J connectivity index is 1.85. The van der Waals surface area contributed by atoms with Gasteiger partial charge in [0.25, 0.3) is 0 Å². The van der Waals surface area contributed by atoms with Crippen LogP contribution < -0.4 is 17.2 Å². The third-order valence-electron chi connectivity index (χ3n) is 5.55. The summed E-state index contributed by atoms with van der Waals surface area (Å²) in [5.74, 6) is -3.10. The molecule has 0 radical (unpaired) electrons. The van der Waals surface area contributed by atoms with Crippen molar-refractivity contribution in [3.63, 3.8) is 0 Å². The first-order chi connectivity index (χ1) is 15.1. The molecule has 0 spiro atoms. The molecule has 1 heterocycles. The SMILES string of the molecule is CCC(=O)CCCc1ccc(C2=NOC(c3cc(O)cc([I-]I)c3)(C(C)(F)F)C2)cc1Cl. The average Bonchev–Trinajstić information content (AvgIpc) is 3.21. The Morgan fingerprint density at radius 3 is 2.72 bits per heavy atom. The number of hydrogen-bond donors (Lipinski definition) is 1. The van der Waals surface area contributed by atoms with Gasteiger partial charge in [-0.25, -0.2) is 0 Å². The van der Waals surface area contributed by atoms with E-state index in [-0.39, 0.29) is 23.5 Å². The summed E-state index contributed by atoms with van der Waals surface area (Å²) >= 11 is 8.21. The van der Waals surface area contributed by atoms with Crippen molar-refractivity contribution in [3.05, 3.63) is 61.7 Å². The van der Waals surface area contributed by atoms with Crippen molar-refractivity contribution in [2.75, 3.05) is 0 Å². The first-order valence-corrected chi connectivity index (χ1v) is 17.9. The molecule has 1 N–H and O–H groups in total. The molecule has 9 heteroatoms. The molecular formula is C23H23ClF2I2NO3-. The van der Waals surface area contributed by atoms with Crippen LogP contribution in [0.5, 0.6) is 5.75 Å². The van der Waals surface area contributed by atoms with Gasteiger partial charge in [-0.05, 0) is 0 Å². The molecule has 1 aliphatic heterocycles. The summed E-state index contributed by atoms with van der Waals surface area (Å²) in [7, 11) is 0. The van der Waals surface area contributed by atoms with Gasteiger partial charge < -0.3 is 0 Å². The standard InChI is InChI=1S/C23H23ClF2I2NO3/c1-3-18(30)6-4-5-14-7-8-15(9-20(14)24)21-13-23(32-29-21,22(2,25)26)16-10-17(28-27)12-19(31)11-16/h7-12,31H,3-6,13H2,1-2H3/q-1. The monoisotopic (exact) mass is 688 g/mol. The van der Waals surface area contributed by atoms with E-state index in [0.29, 0.717) is 42.0 Å². The van der Waals surface area contributed by atoms with Crippen LogP contribution in [0.1, 0.15) is 56.2 Å². The van der Waals surface area contributed by atoms with Gasteiger partial charge in [0.1, 0.15) is 5.78 Å². The van der Waals surface area contributed by atoms with Crippen molar-refractivity contribution in [1.29, 1.82) is 0 Å². The first kappa shape index (κ1) is 25.6. The normalized spacial score (nSPS) is 18.5. The van der Waals surface area contributed by atoms with Crippen molar-refractivity contribution in [2.45, 2.75) is 57.5 Å². The van der Waals surface area contributed by atoms with Crippen LogP contribution in [0.3, 0.4) is 0 Å². The molecule has 1 unspecified atom stereocenters. The third kappa shape index (κ3) is 5.55. The molecule has 3 rings (SSSR count). The molecule has 0 aromatic heterocycles. The predicted octanol–water partition coefficient (Wildman–Crippen LogP) is 3.63. The van der Waals surface area contributed by atoms with Crippen molar-refractivity contribution >= 4 is 41.7 Å². The number of ketones is 1. The van der Waals surface area contributed by atoms with Gasteiger partial charge >= 0.3 is 182 Å². The van der Waals surface area contributed by atoms with Gasteiger partial charge in [0.15, 0.2) is 0 Å². The number of hydrogen-bond acceptors (Lipinski definition) is 4. The summed E-state index contributed by atoms with van der Waals surface area (Å²) in [6.45, 7) is 2.65. The number of rotatable bonds is 9. The summed E-state index contributed by atoms with van der Waals surface area (Å²) < 4.78 is 30.6. The molecule has 1 aliphatic rings. The van der Waals surface area contributed by atoms with E-state index in [1.165, 1.54) is 6.07 Å². The molecule has 0 saturated heterocycles. The van der Waals surface area contributed by atoms with E-state index in [1.807, 2.05) is 13.0 Å². The number of nitrogens with zero attached hydrogens (tertiary/aromatic N) is 1. The molecule has 2 aromatic rings. The Bertz CT molecular complexity index is 1040. The van der Waals surface area contributed by atoms with Crippen LogP contribution in [-0.4, -0.2) is 22.5 Å². The van der Waals surface area contributed by atoms with Gasteiger partial charge in [0, 0.05) is 12.8 Å². The number of aryl methyl sites for hydroxylation is 1.